The summed E-state index contributed by atoms with van der Waals surface area (Å²) in [5.74, 6) is -0.216. The molecule has 0 aliphatic carbocycles. The molecule has 1 atom stereocenters. The van der Waals surface area contributed by atoms with Crippen LogP contribution in [0.2, 0.25) is 10.0 Å². The first-order valence-corrected chi connectivity index (χ1v) is 9.34. The van der Waals surface area contributed by atoms with Crippen molar-refractivity contribution in [3.63, 3.8) is 0 Å². The maximum atomic E-state index is 12.5. The normalized spacial score (nSPS) is 11.6. The number of hydrogen-bond donors (Lipinski definition) is 2. The van der Waals surface area contributed by atoms with E-state index in [9.17, 15) is 9.90 Å². The van der Waals surface area contributed by atoms with Crippen molar-refractivity contribution in [3.8, 4) is 5.75 Å². The van der Waals surface area contributed by atoms with Crippen molar-refractivity contribution in [3.05, 3.63) is 63.6 Å². The predicted molar refractivity (Wildman–Crippen MR) is 108 cm³/mol. The number of amides is 1. The summed E-state index contributed by atoms with van der Waals surface area (Å²) in [6, 6.07) is 13.1. The molecule has 0 aliphatic heterocycles. The number of nitrogens with one attached hydrogen (secondary N) is 1. The average Bonchev–Trinajstić information content (AvgIpc) is 2.62. The van der Waals surface area contributed by atoms with E-state index in [1.807, 2.05) is 18.2 Å². The summed E-state index contributed by atoms with van der Waals surface area (Å²) in [7, 11) is 0. The first-order valence-electron chi connectivity index (χ1n) is 8.58. The van der Waals surface area contributed by atoms with Crippen molar-refractivity contribution < 1.29 is 19.5 Å². The summed E-state index contributed by atoms with van der Waals surface area (Å²) in [6.07, 6.45) is 1.11. The van der Waals surface area contributed by atoms with E-state index < -0.39 is 0 Å². The Hall–Kier alpha value is -2.33. The molecule has 0 heterocycles. The van der Waals surface area contributed by atoms with E-state index in [1.165, 1.54) is 11.6 Å². The molecule has 0 aliphatic rings. The Labute approximate surface area is 174 Å². The van der Waals surface area contributed by atoms with E-state index in [0.29, 0.717) is 5.56 Å². The van der Waals surface area contributed by atoms with E-state index in [-0.39, 0.29) is 45.7 Å². The van der Waals surface area contributed by atoms with Crippen LogP contribution in [0.1, 0.15) is 31.9 Å². The van der Waals surface area contributed by atoms with Gasteiger partial charge in [-0.2, -0.15) is 9.59 Å². The van der Waals surface area contributed by atoms with Crippen LogP contribution in [0.3, 0.4) is 0 Å². The van der Waals surface area contributed by atoms with Crippen LogP contribution in [-0.4, -0.2) is 23.2 Å². The van der Waals surface area contributed by atoms with Crippen molar-refractivity contribution in [2.24, 2.45) is 5.41 Å². The molecular formula is C21H23Cl2NO4. The fraction of sp³-hybridized carbons (Fsp3) is 0.333. The summed E-state index contributed by atoms with van der Waals surface area (Å²) < 4.78 is 0. The third kappa shape index (κ3) is 7.35. The topological polar surface area (TPSA) is 83.5 Å². The second-order valence-electron chi connectivity index (χ2n) is 7.31. The maximum Gasteiger partial charge on any atom is 0.373 e. The molecule has 0 saturated carbocycles. The lowest BCUT2D eigenvalue weighted by Crippen LogP contribution is -2.45. The molecule has 0 radical (unpaired) electrons. The van der Waals surface area contributed by atoms with Gasteiger partial charge in [0.25, 0.3) is 0 Å². The van der Waals surface area contributed by atoms with Gasteiger partial charge in [-0.3, -0.25) is 4.79 Å². The first-order chi connectivity index (χ1) is 13.1. The Morgan fingerprint density at radius 3 is 2.18 bits per heavy atom. The van der Waals surface area contributed by atoms with E-state index in [1.54, 1.807) is 6.07 Å². The lowest BCUT2D eigenvalue weighted by molar-refractivity contribution is -0.191. The molecule has 0 unspecified atom stereocenters. The Kier molecular flexibility index (Phi) is 9.20. The van der Waals surface area contributed by atoms with Gasteiger partial charge in [-0.05, 0) is 29.0 Å². The highest BCUT2D eigenvalue weighted by molar-refractivity contribution is 6.43. The summed E-state index contributed by atoms with van der Waals surface area (Å²) >= 11 is 12.1. The van der Waals surface area contributed by atoms with Crippen LogP contribution in [0.5, 0.6) is 5.75 Å². The number of rotatable bonds is 5. The Balaban J connectivity index is 0.00000122. The average molecular weight is 424 g/mol. The van der Waals surface area contributed by atoms with Gasteiger partial charge in [-0.25, -0.2) is 0 Å². The molecule has 0 fully saturated rings. The largest absolute Gasteiger partial charge is 0.506 e. The molecule has 2 aromatic carbocycles. The lowest BCUT2D eigenvalue weighted by Gasteiger charge is -2.32. The molecule has 0 bridgehead atoms. The van der Waals surface area contributed by atoms with Gasteiger partial charge in [0.05, 0.1) is 11.4 Å². The van der Waals surface area contributed by atoms with Gasteiger partial charge in [-0.15, -0.1) is 0 Å². The van der Waals surface area contributed by atoms with Gasteiger partial charge in [0, 0.05) is 6.04 Å². The fourth-order valence-corrected chi connectivity index (χ4v) is 2.97. The quantitative estimate of drug-likeness (QED) is 0.744. The highest BCUT2D eigenvalue weighted by atomic mass is 35.5. The van der Waals surface area contributed by atoms with Crippen molar-refractivity contribution in [1.82, 2.24) is 5.32 Å². The lowest BCUT2D eigenvalue weighted by atomic mass is 9.83. The molecule has 2 aromatic rings. The standard InChI is InChI=1S/C20H23Cl2NO2.CO2/c1-20(2,3)16(11-13-7-5-4-6-8-13)23-17(25)12-14-9-10-15(24)19(22)18(14)21;2-1-3/h4-10,16,24H,11-12H2,1-3H3,(H,23,25);/t16-;/m0./s1. The molecule has 7 heteroatoms. The third-order valence-corrected chi connectivity index (χ3v) is 5.07. The Morgan fingerprint density at radius 2 is 1.64 bits per heavy atom. The first kappa shape index (κ1) is 23.7. The van der Waals surface area contributed by atoms with E-state index in [2.05, 4.69) is 38.2 Å². The van der Waals surface area contributed by atoms with Gasteiger partial charge >= 0.3 is 6.15 Å². The number of benzene rings is 2. The minimum atomic E-state index is -0.125. The van der Waals surface area contributed by atoms with Gasteiger partial charge in [-0.1, -0.05) is 80.4 Å². The molecule has 2 N–H and O–H groups in total. The van der Waals surface area contributed by atoms with Crippen molar-refractivity contribution >= 4 is 35.3 Å². The van der Waals surface area contributed by atoms with Crippen LogP contribution >= 0.6 is 23.2 Å². The van der Waals surface area contributed by atoms with Crippen LogP contribution in [0.4, 0.5) is 0 Å². The van der Waals surface area contributed by atoms with Gasteiger partial charge in [0.15, 0.2) is 0 Å². The number of aromatic hydroxyl groups is 1. The molecule has 1 amide bonds. The molecule has 5 nitrogen and oxygen atoms in total. The zero-order valence-electron chi connectivity index (χ0n) is 16.0. The monoisotopic (exact) mass is 423 g/mol. The number of phenols is 1. The van der Waals surface area contributed by atoms with Crippen LogP contribution in [0.25, 0.3) is 0 Å². The number of phenolic OH excluding ortho intramolecular Hbond substituents is 1. The summed E-state index contributed by atoms with van der Waals surface area (Å²) in [6.45, 7) is 6.31. The van der Waals surface area contributed by atoms with E-state index in [4.69, 9.17) is 32.8 Å². The molecule has 0 spiro atoms. The molecule has 0 aromatic heterocycles. The third-order valence-electron chi connectivity index (χ3n) is 4.16. The van der Waals surface area contributed by atoms with Crippen LogP contribution in [-0.2, 0) is 27.2 Å². The van der Waals surface area contributed by atoms with Crippen LogP contribution in [0.15, 0.2) is 42.5 Å². The van der Waals surface area contributed by atoms with Crippen molar-refractivity contribution in [1.29, 1.82) is 0 Å². The van der Waals surface area contributed by atoms with E-state index >= 15 is 0 Å². The van der Waals surface area contributed by atoms with Gasteiger partial charge < -0.3 is 10.4 Å². The number of carbonyl (C=O) groups excluding carboxylic acids is 3. The number of carbonyl (C=O) groups is 1. The minimum Gasteiger partial charge on any atom is -0.506 e. The molecular weight excluding hydrogens is 401 g/mol. The Bertz CT molecular complexity index is 826. The van der Waals surface area contributed by atoms with Gasteiger partial charge in [0.1, 0.15) is 10.8 Å². The Morgan fingerprint density at radius 1 is 1.07 bits per heavy atom. The fourth-order valence-electron chi connectivity index (χ4n) is 2.56. The van der Waals surface area contributed by atoms with Crippen LogP contribution < -0.4 is 5.32 Å². The second-order valence-corrected chi connectivity index (χ2v) is 8.06. The zero-order chi connectivity index (χ0) is 21.3. The molecule has 28 heavy (non-hydrogen) atoms. The van der Waals surface area contributed by atoms with Crippen molar-refractivity contribution in [2.75, 3.05) is 0 Å². The zero-order valence-corrected chi connectivity index (χ0v) is 17.5. The van der Waals surface area contributed by atoms with E-state index in [0.717, 1.165) is 6.42 Å². The predicted octanol–water partition coefficient (Wildman–Crippen LogP) is 4.43. The molecule has 2 rings (SSSR count). The van der Waals surface area contributed by atoms with Crippen LogP contribution in [0, 0.1) is 5.41 Å². The molecule has 150 valence electrons. The highest BCUT2D eigenvalue weighted by Crippen LogP contribution is 2.34. The summed E-state index contributed by atoms with van der Waals surface area (Å²) in [4.78, 5) is 28.8. The SMILES string of the molecule is CC(C)(C)[C@H](Cc1ccccc1)NC(=O)Cc1ccc(O)c(Cl)c1Cl.O=C=O. The highest BCUT2D eigenvalue weighted by Gasteiger charge is 2.26. The number of hydrogen-bond acceptors (Lipinski definition) is 4. The maximum absolute atomic E-state index is 12.5. The van der Waals surface area contributed by atoms with Gasteiger partial charge in [0.2, 0.25) is 5.91 Å². The van der Waals surface area contributed by atoms with Crippen molar-refractivity contribution in [2.45, 2.75) is 39.7 Å². The summed E-state index contributed by atoms with van der Waals surface area (Å²) in [5.41, 5.74) is 1.67. The second kappa shape index (κ2) is 10.9. The smallest absolute Gasteiger partial charge is 0.373 e. The number of halogens is 2. The molecule has 0 saturated heterocycles. The minimum absolute atomic E-state index is 0.0197. The summed E-state index contributed by atoms with van der Waals surface area (Å²) in [5, 5.41) is 13.0.